The van der Waals surface area contributed by atoms with Crippen LogP contribution in [0.3, 0.4) is 0 Å². The molecule has 1 fully saturated rings. The van der Waals surface area contributed by atoms with Crippen LogP contribution in [0.15, 0.2) is 53.0 Å². The summed E-state index contributed by atoms with van der Waals surface area (Å²) < 4.78 is 23.0. The van der Waals surface area contributed by atoms with E-state index in [0.717, 1.165) is 10.0 Å². The van der Waals surface area contributed by atoms with E-state index in [4.69, 9.17) is 4.74 Å². The molecule has 4 rings (SSSR count). The molecular weight excluding hydrogens is 519 g/mol. The first kappa shape index (κ1) is 25.0. The van der Waals surface area contributed by atoms with Gasteiger partial charge in [-0.3, -0.25) is 9.59 Å². The number of aliphatic hydroxyl groups is 1. The molecule has 34 heavy (non-hydrogen) atoms. The smallest absolute Gasteiger partial charge is 0.261 e. The zero-order valence-corrected chi connectivity index (χ0v) is 22.1. The van der Waals surface area contributed by atoms with Gasteiger partial charge in [-0.05, 0) is 36.9 Å². The van der Waals surface area contributed by atoms with Gasteiger partial charge in [0.2, 0.25) is 14.3 Å². The Hall–Kier alpha value is -2.07. The van der Waals surface area contributed by atoms with Crippen LogP contribution in [0.5, 0.6) is 0 Å². The topological polar surface area (TPSA) is 78.9 Å². The molecule has 4 atom stereocenters. The lowest BCUT2D eigenvalue weighted by Gasteiger charge is -2.31. The summed E-state index contributed by atoms with van der Waals surface area (Å²) >= 11 is 3.47. The summed E-state index contributed by atoms with van der Waals surface area (Å²) in [4.78, 5) is 28.2. The number of ether oxygens (including phenoxy) is 1. The van der Waals surface area contributed by atoms with Crippen LogP contribution < -0.4 is 5.32 Å². The molecule has 0 unspecified atom stereocenters. The van der Waals surface area contributed by atoms with Crippen LogP contribution in [0.1, 0.15) is 24.5 Å². The molecular formula is C25H30BrFN2O4Si. The van der Waals surface area contributed by atoms with Crippen molar-refractivity contribution in [3.05, 3.63) is 64.1 Å². The highest BCUT2D eigenvalue weighted by molar-refractivity contribution is 9.10. The normalized spacial score (nSPS) is 25.9. The number of rotatable bonds is 7. The van der Waals surface area contributed by atoms with Crippen molar-refractivity contribution in [1.82, 2.24) is 4.90 Å². The fourth-order valence-corrected chi connectivity index (χ4v) is 8.41. The highest BCUT2D eigenvalue weighted by atomic mass is 79.9. The lowest BCUT2D eigenvalue weighted by atomic mass is 9.82. The summed E-state index contributed by atoms with van der Waals surface area (Å²) in [6, 6.07) is 15.0. The molecule has 182 valence electrons. The zero-order valence-electron chi connectivity index (χ0n) is 19.6. The van der Waals surface area contributed by atoms with E-state index in [1.807, 2.05) is 49.4 Å². The standard InChI is InChI=1S/C25H30BrFN2O4Si/c1-16-23(34(2,3)27)21(14-22(31)29(11-12-30)15-17-7-5-4-6-8-17)33-25(16)19-13-18(26)9-10-20(19)28-24(25)32/h4-10,13,16,21,23,30H,11-12,14-15H2,1-3H3,(H,28,32)/t16-,21+,23-,25+/m1/s1. The largest absolute Gasteiger partial charge is 0.395 e. The van der Waals surface area contributed by atoms with Crippen molar-refractivity contribution in [2.45, 2.75) is 50.2 Å². The van der Waals surface area contributed by atoms with Gasteiger partial charge in [-0.2, -0.15) is 0 Å². The summed E-state index contributed by atoms with van der Waals surface area (Å²) in [6.07, 6.45) is -0.803. The minimum Gasteiger partial charge on any atom is -0.395 e. The van der Waals surface area contributed by atoms with Gasteiger partial charge < -0.3 is 24.2 Å². The number of anilines is 1. The predicted octanol–water partition coefficient (Wildman–Crippen LogP) is 4.59. The van der Waals surface area contributed by atoms with Crippen molar-refractivity contribution in [2.75, 3.05) is 18.5 Å². The molecule has 2 aliphatic rings. The molecule has 2 N–H and O–H groups in total. The zero-order chi connectivity index (χ0) is 24.7. The highest BCUT2D eigenvalue weighted by Gasteiger charge is 2.65. The Morgan fingerprint density at radius 2 is 1.97 bits per heavy atom. The Bertz CT molecular complexity index is 1080. The number of hydrogen-bond donors (Lipinski definition) is 2. The maximum Gasteiger partial charge on any atom is 0.261 e. The molecule has 1 saturated heterocycles. The fourth-order valence-electron chi connectivity index (χ4n) is 5.56. The molecule has 0 aromatic heterocycles. The van der Waals surface area contributed by atoms with Gasteiger partial charge in [0.05, 0.1) is 19.1 Å². The van der Waals surface area contributed by atoms with Gasteiger partial charge in [-0.1, -0.05) is 53.2 Å². The molecule has 2 aromatic carbocycles. The SMILES string of the molecule is C[C@@H]1[C@@H]([Si](C)(C)F)[C@H](CC(=O)N(CCO)Cc2ccccc2)O[C@@]12C(=O)Nc1ccc(Br)cc12. The molecule has 0 radical (unpaired) electrons. The average molecular weight is 550 g/mol. The van der Waals surface area contributed by atoms with Crippen molar-refractivity contribution in [3.63, 3.8) is 0 Å². The van der Waals surface area contributed by atoms with E-state index in [9.17, 15) is 14.7 Å². The third kappa shape index (κ3) is 4.46. The number of halogens is 2. The number of nitrogens with one attached hydrogen (secondary N) is 1. The second kappa shape index (κ2) is 9.52. The van der Waals surface area contributed by atoms with E-state index in [2.05, 4.69) is 21.2 Å². The molecule has 1 spiro atoms. The van der Waals surface area contributed by atoms with Gasteiger partial charge in [-0.15, -0.1) is 0 Å². The molecule has 0 aliphatic carbocycles. The number of fused-ring (bicyclic) bond motifs is 2. The van der Waals surface area contributed by atoms with Crippen molar-refractivity contribution in [2.24, 2.45) is 5.92 Å². The molecule has 9 heteroatoms. The molecule has 0 bridgehead atoms. The number of carbonyl (C=O) groups excluding carboxylic acids is 2. The lowest BCUT2D eigenvalue weighted by Crippen LogP contribution is -2.42. The summed E-state index contributed by atoms with van der Waals surface area (Å²) in [5, 5.41) is 12.4. The molecule has 6 nitrogen and oxygen atoms in total. The number of nitrogens with zero attached hydrogens (tertiary/aromatic N) is 1. The lowest BCUT2D eigenvalue weighted by molar-refractivity contribution is -0.148. The van der Waals surface area contributed by atoms with Crippen molar-refractivity contribution >= 4 is 41.8 Å². The van der Waals surface area contributed by atoms with E-state index in [0.29, 0.717) is 17.8 Å². The van der Waals surface area contributed by atoms with Gasteiger partial charge >= 0.3 is 0 Å². The van der Waals surface area contributed by atoms with E-state index in [1.54, 1.807) is 24.1 Å². The van der Waals surface area contributed by atoms with E-state index >= 15 is 4.11 Å². The first-order valence-corrected chi connectivity index (χ1v) is 15.2. The van der Waals surface area contributed by atoms with Gasteiger partial charge in [0, 0.05) is 40.3 Å². The maximum absolute atomic E-state index is 15.7. The molecule has 2 heterocycles. The van der Waals surface area contributed by atoms with Crippen molar-refractivity contribution in [3.8, 4) is 0 Å². The minimum atomic E-state index is -3.34. The first-order chi connectivity index (χ1) is 16.1. The Labute approximate surface area is 208 Å². The Morgan fingerprint density at radius 3 is 2.62 bits per heavy atom. The summed E-state index contributed by atoms with van der Waals surface area (Å²) in [5.41, 5.74) is 0.364. The second-order valence-electron chi connectivity index (χ2n) is 9.64. The van der Waals surface area contributed by atoms with E-state index in [1.165, 1.54) is 0 Å². The van der Waals surface area contributed by atoms with Crippen LogP contribution in [0.25, 0.3) is 0 Å². The van der Waals surface area contributed by atoms with Gasteiger partial charge in [-0.25, -0.2) is 0 Å². The maximum atomic E-state index is 15.7. The van der Waals surface area contributed by atoms with Crippen molar-refractivity contribution < 1.29 is 23.5 Å². The summed E-state index contributed by atoms with van der Waals surface area (Å²) in [5.74, 6) is -1.00. The third-order valence-corrected chi connectivity index (χ3v) is 9.94. The second-order valence-corrected chi connectivity index (χ2v) is 14.4. The van der Waals surface area contributed by atoms with E-state index in [-0.39, 0.29) is 31.4 Å². The number of hydrogen-bond acceptors (Lipinski definition) is 4. The fraction of sp³-hybridized carbons (Fsp3) is 0.440. The van der Waals surface area contributed by atoms with Crippen LogP contribution in [-0.4, -0.2) is 49.5 Å². The first-order valence-electron chi connectivity index (χ1n) is 11.5. The number of aliphatic hydroxyl groups excluding tert-OH is 1. The van der Waals surface area contributed by atoms with Gasteiger partial charge in [0.15, 0.2) is 5.60 Å². The van der Waals surface area contributed by atoms with Gasteiger partial charge in [0.1, 0.15) is 0 Å². The predicted molar refractivity (Wildman–Crippen MR) is 134 cm³/mol. The van der Waals surface area contributed by atoms with Crippen LogP contribution >= 0.6 is 15.9 Å². The number of amides is 2. The monoisotopic (exact) mass is 548 g/mol. The van der Waals surface area contributed by atoms with E-state index < -0.39 is 31.6 Å². The Morgan fingerprint density at radius 1 is 1.26 bits per heavy atom. The quantitative estimate of drug-likeness (QED) is 0.392. The molecule has 2 aliphatic heterocycles. The Balaban J connectivity index is 1.65. The minimum absolute atomic E-state index is 0.0550. The van der Waals surface area contributed by atoms with Gasteiger partial charge in [0.25, 0.3) is 5.91 Å². The van der Waals surface area contributed by atoms with Crippen molar-refractivity contribution in [1.29, 1.82) is 0 Å². The summed E-state index contributed by atoms with van der Waals surface area (Å²) in [7, 11) is -3.34. The number of benzene rings is 2. The van der Waals surface area contributed by atoms with Crippen LogP contribution in [0.2, 0.25) is 18.6 Å². The van der Waals surface area contributed by atoms with Crippen LogP contribution in [-0.2, 0) is 26.5 Å². The Kier molecular flexibility index (Phi) is 7.01. The average Bonchev–Trinajstić information content (AvgIpc) is 3.22. The molecule has 0 saturated carbocycles. The summed E-state index contributed by atoms with van der Waals surface area (Å²) in [6.45, 7) is 5.40. The molecule has 2 aromatic rings. The third-order valence-electron chi connectivity index (χ3n) is 6.99. The molecule has 2 amide bonds. The number of carbonyl (C=O) groups is 2. The van der Waals surface area contributed by atoms with Crippen LogP contribution in [0.4, 0.5) is 9.80 Å². The van der Waals surface area contributed by atoms with Crippen LogP contribution in [0, 0.1) is 5.92 Å². The highest BCUT2D eigenvalue weighted by Crippen LogP contribution is 2.59.